The molecule has 2 N–H and O–H groups in total. The topological polar surface area (TPSA) is 66.0 Å². The number of benzene rings is 1. The molecule has 4 nitrogen and oxygen atoms in total. The largest absolute Gasteiger partial charge is 0.477 e. The van der Waals surface area contributed by atoms with Crippen LogP contribution in [0.15, 0.2) is 30.3 Å². The average Bonchev–Trinajstić information content (AvgIpc) is 2.73. The first-order chi connectivity index (χ1) is 7.74. The van der Waals surface area contributed by atoms with E-state index in [9.17, 15) is 4.79 Å². The number of carboxylic acid groups (broad SMARTS) is 1. The molecule has 0 aliphatic rings. The van der Waals surface area contributed by atoms with Gasteiger partial charge in [-0.1, -0.05) is 37.3 Å². The van der Waals surface area contributed by atoms with Crippen LogP contribution < -0.4 is 0 Å². The molecule has 0 saturated carbocycles. The molecule has 1 aromatic carbocycles. The van der Waals surface area contributed by atoms with Crippen molar-refractivity contribution in [2.24, 2.45) is 0 Å². The van der Waals surface area contributed by atoms with E-state index in [4.69, 9.17) is 5.11 Å². The molecule has 4 heteroatoms. The Morgan fingerprint density at radius 1 is 1.38 bits per heavy atom. The van der Waals surface area contributed by atoms with Crippen LogP contribution in [0.4, 0.5) is 0 Å². The third-order valence-electron chi connectivity index (χ3n) is 2.48. The van der Waals surface area contributed by atoms with E-state index < -0.39 is 5.97 Å². The van der Waals surface area contributed by atoms with Crippen LogP contribution in [0.1, 0.15) is 23.0 Å². The number of nitrogens with zero attached hydrogens (tertiary/aromatic N) is 1. The first-order valence-electron chi connectivity index (χ1n) is 5.10. The minimum atomic E-state index is -0.966. The predicted octanol–water partition coefficient (Wildman–Crippen LogP) is 2.34. The fourth-order valence-corrected chi connectivity index (χ4v) is 1.72. The molecule has 0 radical (unpaired) electrons. The number of H-pyrrole nitrogens is 1. The van der Waals surface area contributed by atoms with Gasteiger partial charge in [0.2, 0.25) is 0 Å². The van der Waals surface area contributed by atoms with Crippen LogP contribution in [0.25, 0.3) is 11.3 Å². The summed E-state index contributed by atoms with van der Waals surface area (Å²) in [4.78, 5) is 11.0. The molecule has 82 valence electrons. The van der Waals surface area contributed by atoms with Crippen LogP contribution in [-0.4, -0.2) is 21.3 Å². The van der Waals surface area contributed by atoms with Crippen LogP contribution in [0.3, 0.4) is 0 Å². The normalized spacial score (nSPS) is 10.3. The Labute approximate surface area is 92.9 Å². The third kappa shape index (κ3) is 1.69. The van der Waals surface area contributed by atoms with Crippen LogP contribution in [0.2, 0.25) is 0 Å². The molecule has 0 saturated heterocycles. The van der Waals surface area contributed by atoms with Gasteiger partial charge in [-0.05, 0) is 6.42 Å². The Balaban J connectivity index is 2.54. The van der Waals surface area contributed by atoms with E-state index in [1.807, 2.05) is 37.3 Å². The van der Waals surface area contributed by atoms with Gasteiger partial charge >= 0.3 is 5.97 Å². The Hall–Kier alpha value is -2.10. The molecule has 16 heavy (non-hydrogen) atoms. The van der Waals surface area contributed by atoms with Gasteiger partial charge in [0.05, 0.1) is 5.69 Å². The lowest BCUT2D eigenvalue weighted by Crippen LogP contribution is -2.00. The van der Waals surface area contributed by atoms with Crippen LogP contribution in [-0.2, 0) is 6.42 Å². The van der Waals surface area contributed by atoms with E-state index in [0.29, 0.717) is 6.42 Å². The molecule has 1 heterocycles. The number of nitrogens with one attached hydrogen (secondary N) is 1. The van der Waals surface area contributed by atoms with Gasteiger partial charge in [-0.3, -0.25) is 5.10 Å². The van der Waals surface area contributed by atoms with Gasteiger partial charge in [-0.2, -0.15) is 5.10 Å². The SMILES string of the molecule is CCc1c(-c2ccccc2)n[nH]c1C(=O)O. The maximum absolute atomic E-state index is 11.0. The van der Waals surface area contributed by atoms with E-state index in [1.165, 1.54) is 0 Å². The van der Waals surface area contributed by atoms with E-state index in [1.54, 1.807) is 0 Å². The van der Waals surface area contributed by atoms with Gasteiger partial charge in [-0.25, -0.2) is 4.79 Å². The van der Waals surface area contributed by atoms with E-state index in [0.717, 1.165) is 16.8 Å². The summed E-state index contributed by atoms with van der Waals surface area (Å²) in [6.45, 7) is 1.92. The first kappa shape index (κ1) is 10.4. The molecule has 0 atom stereocenters. The summed E-state index contributed by atoms with van der Waals surface area (Å²) in [5.74, 6) is -0.966. The van der Waals surface area contributed by atoms with Gasteiger partial charge < -0.3 is 5.11 Å². The van der Waals surface area contributed by atoms with Crippen LogP contribution >= 0.6 is 0 Å². The highest BCUT2D eigenvalue weighted by molar-refractivity contribution is 5.89. The number of aromatic carboxylic acids is 1. The van der Waals surface area contributed by atoms with E-state index >= 15 is 0 Å². The van der Waals surface area contributed by atoms with Crippen LogP contribution in [0, 0.1) is 0 Å². The minimum Gasteiger partial charge on any atom is -0.477 e. The lowest BCUT2D eigenvalue weighted by Gasteiger charge is -2.00. The molecule has 0 spiro atoms. The number of carboxylic acids is 1. The Morgan fingerprint density at radius 2 is 2.06 bits per heavy atom. The Morgan fingerprint density at radius 3 is 2.62 bits per heavy atom. The summed E-state index contributed by atoms with van der Waals surface area (Å²) in [6.07, 6.45) is 0.641. The maximum atomic E-state index is 11.0. The minimum absolute atomic E-state index is 0.182. The number of hydrogen-bond acceptors (Lipinski definition) is 2. The van der Waals surface area contributed by atoms with Crippen molar-refractivity contribution in [1.82, 2.24) is 10.2 Å². The van der Waals surface area contributed by atoms with E-state index in [-0.39, 0.29) is 5.69 Å². The van der Waals surface area contributed by atoms with Gasteiger partial charge in [0.25, 0.3) is 0 Å². The molecular formula is C12H12N2O2. The van der Waals surface area contributed by atoms with Crippen molar-refractivity contribution in [2.75, 3.05) is 0 Å². The van der Waals surface area contributed by atoms with E-state index in [2.05, 4.69) is 10.2 Å². The summed E-state index contributed by atoms with van der Waals surface area (Å²) >= 11 is 0. The second-order valence-corrected chi connectivity index (χ2v) is 3.45. The highest BCUT2D eigenvalue weighted by Crippen LogP contribution is 2.23. The molecule has 0 amide bonds. The number of rotatable bonds is 3. The van der Waals surface area contributed by atoms with Gasteiger partial charge in [0.1, 0.15) is 5.69 Å². The zero-order valence-corrected chi connectivity index (χ0v) is 8.90. The lowest BCUT2D eigenvalue weighted by molar-refractivity contribution is 0.0689. The van der Waals surface area contributed by atoms with Gasteiger partial charge in [0, 0.05) is 11.1 Å². The van der Waals surface area contributed by atoms with Crippen LogP contribution in [0.5, 0.6) is 0 Å². The van der Waals surface area contributed by atoms with Crippen molar-refractivity contribution in [3.63, 3.8) is 0 Å². The average molecular weight is 216 g/mol. The highest BCUT2D eigenvalue weighted by atomic mass is 16.4. The van der Waals surface area contributed by atoms with Crippen molar-refractivity contribution in [3.8, 4) is 11.3 Å². The lowest BCUT2D eigenvalue weighted by atomic mass is 10.0. The Bertz CT molecular complexity index is 503. The maximum Gasteiger partial charge on any atom is 0.354 e. The molecule has 2 rings (SSSR count). The molecule has 1 aromatic heterocycles. The summed E-state index contributed by atoms with van der Waals surface area (Å²) in [5, 5.41) is 15.6. The fourth-order valence-electron chi connectivity index (χ4n) is 1.72. The van der Waals surface area contributed by atoms with Crippen molar-refractivity contribution in [3.05, 3.63) is 41.6 Å². The summed E-state index contributed by atoms with van der Waals surface area (Å²) in [7, 11) is 0. The van der Waals surface area contributed by atoms with Crippen molar-refractivity contribution in [1.29, 1.82) is 0 Å². The zero-order valence-electron chi connectivity index (χ0n) is 8.90. The predicted molar refractivity (Wildman–Crippen MR) is 60.4 cm³/mol. The molecule has 0 fully saturated rings. The molecule has 0 aliphatic carbocycles. The summed E-state index contributed by atoms with van der Waals surface area (Å²) in [5.41, 5.74) is 2.59. The Kier molecular flexibility index (Phi) is 2.72. The third-order valence-corrected chi connectivity index (χ3v) is 2.48. The zero-order chi connectivity index (χ0) is 11.5. The highest BCUT2D eigenvalue weighted by Gasteiger charge is 2.17. The van der Waals surface area contributed by atoms with Crippen molar-refractivity contribution < 1.29 is 9.90 Å². The molecule has 0 unspecified atom stereocenters. The number of aromatic nitrogens is 2. The standard InChI is InChI=1S/C12H12N2O2/c1-2-9-10(8-6-4-3-5-7-8)13-14-11(9)12(15)16/h3-7H,2H2,1H3,(H,13,14)(H,15,16). The fraction of sp³-hybridized carbons (Fsp3) is 0.167. The van der Waals surface area contributed by atoms with Crippen molar-refractivity contribution >= 4 is 5.97 Å². The molecule has 0 bridgehead atoms. The molecule has 2 aromatic rings. The number of hydrogen-bond donors (Lipinski definition) is 2. The second kappa shape index (κ2) is 4.18. The number of carbonyl (C=O) groups is 1. The molecular weight excluding hydrogens is 204 g/mol. The van der Waals surface area contributed by atoms with Crippen molar-refractivity contribution in [2.45, 2.75) is 13.3 Å². The molecule has 0 aliphatic heterocycles. The first-order valence-corrected chi connectivity index (χ1v) is 5.10. The smallest absolute Gasteiger partial charge is 0.354 e. The number of aromatic amines is 1. The monoisotopic (exact) mass is 216 g/mol. The summed E-state index contributed by atoms with van der Waals surface area (Å²) in [6, 6.07) is 9.57. The van der Waals surface area contributed by atoms with Gasteiger partial charge in [-0.15, -0.1) is 0 Å². The van der Waals surface area contributed by atoms with Gasteiger partial charge in [0.15, 0.2) is 0 Å². The summed E-state index contributed by atoms with van der Waals surface area (Å²) < 4.78 is 0. The quantitative estimate of drug-likeness (QED) is 0.827. The second-order valence-electron chi connectivity index (χ2n) is 3.45.